The predicted octanol–water partition coefficient (Wildman–Crippen LogP) is 4.07. The molecule has 0 amide bonds. The van der Waals surface area contributed by atoms with Gasteiger partial charge >= 0.3 is 0 Å². The maximum absolute atomic E-state index is 5.55. The Morgan fingerprint density at radius 1 is 1.22 bits per heavy atom. The SMILES string of the molecule is Cc1cnc(C(C)NC(C)c2cc(C)sc2C)o1. The Hall–Kier alpha value is -1.13. The Balaban J connectivity index is 2.07. The predicted molar refractivity (Wildman–Crippen MR) is 75.0 cm³/mol. The summed E-state index contributed by atoms with van der Waals surface area (Å²) in [5.74, 6) is 1.61. The van der Waals surface area contributed by atoms with Crippen molar-refractivity contribution in [3.8, 4) is 0 Å². The molecular weight excluding hydrogens is 244 g/mol. The highest BCUT2D eigenvalue weighted by Gasteiger charge is 2.17. The Bertz CT molecular complexity index is 530. The molecule has 1 N–H and O–H groups in total. The molecule has 2 unspecified atom stereocenters. The fraction of sp³-hybridized carbons (Fsp3) is 0.500. The van der Waals surface area contributed by atoms with Gasteiger partial charge in [-0.1, -0.05) is 0 Å². The van der Waals surface area contributed by atoms with Crippen LogP contribution in [0.1, 0.15) is 52.9 Å². The van der Waals surface area contributed by atoms with E-state index in [1.165, 1.54) is 15.3 Å². The number of hydrogen-bond donors (Lipinski definition) is 1. The Kier molecular flexibility index (Phi) is 3.88. The molecule has 2 atom stereocenters. The summed E-state index contributed by atoms with van der Waals surface area (Å²) in [5.41, 5.74) is 1.37. The van der Waals surface area contributed by atoms with E-state index >= 15 is 0 Å². The monoisotopic (exact) mass is 264 g/mol. The van der Waals surface area contributed by atoms with Crippen molar-refractivity contribution in [3.63, 3.8) is 0 Å². The summed E-state index contributed by atoms with van der Waals surface area (Å²) in [6.07, 6.45) is 1.76. The van der Waals surface area contributed by atoms with Gasteiger partial charge in [-0.3, -0.25) is 5.32 Å². The molecule has 0 bridgehead atoms. The van der Waals surface area contributed by atoms with Gasteiger partial charge in [0.2, 0.25) is 5.89 Å². The molecule has 0 spiro atoms. The van der Waals surface area contributed by atoms with Gasteiger partial charge in [-0.25, -0.2) is 4.98 Å². The Morgan fingerprint density at radius 3 is 2.44 bits per heavy atom. The zero-order valence-electron chi connectivity index (χ0n) is 11.6. The zero-order valence-corrected chi connectivity index (χ0v) is 12.4. The minimum Gasteiger partial charge on any atom is -0.444 e. The third-order valence-electron chi connectivity index (χ3n) is 3.06. The third-order valence-corrected chi connectivity index (χ3v) is 4.04. The van der Waals surface area contributed by atoms with Crippen molar-refractivity contribution < 1.29 is 4.42 Å². The molecule has 98 valence electrons. The van der Waals surface area contributed by atoms with E-state index < -0.39 is 0 Å². The van der Waals surface area contributed by atoms with E-state index in [0.29, 0.717) is 6.04 Å². The van der Waals surface area contributed by atoms with E-state index in [9.17, 15) is 0 Å². The first kappa shape index (κ1) is 13.3. The first-order valence-electron chi connectivity index (χ1n) is 6.22. The lowest BCUT2D eigenvalue weighted by Crippen LogP contribution is -2.22. The normalized spacial score (nSPS) is 14.7. The average Bonchev–Trinajstić information content (AvgIpc) is 2.84. The molecule has 2 heterocycles. The van der Waals surface area contributed by atoms with Crippen LogP contribution in [0.25, 0.3) is 0 Å². The smallest absolute Gasteiger partial charge is 0.211 e. The van der Waals surface area contributed by atoms with Crippen molar-refractivity contribution in [2.24, 2.45) is 0 Å². The van der Waals surface area contributed by atoms with Gasteiger partial charge in [0, 0.05) is 15.8 Å². The van der Waals surface area contributed by atoms with Crippen molar-refractivity contribution in [2.75, 3.05) is 0 Å². The van der Waals surface area contributed by atoms with Crippen LogP contribution in [0.2, 0.25) is 0 Å². The lowest BCUT2D eigenvalue weighted by atomic mass is 10.1. The third kappa shape index (κ3) is 2.82. The van der Waals surface area contributed by atoms with E-state index in [2.05, 4.69) is 44.1 Å². The second-order valence-corrected chi connectivity index (χ2v) is 6.25. The molecule has 0 aliphatic carbocycles. The maximum Gasteiger partial charge on any atom is 0.211 e. The minimum atomic E-state index is 0.119. The van der Waals surface area contributed by atoms with Crippen LogP contribution in [0, 0.1) is 20.8 Å². The fourth-order valence-electron chi connectivity index (χ4n) is 2.19. The molecular formula is C14H20N2OS. The van der Waals surface area contributed by atoms with Crippen LogP contribution in [0.4, 0.5) is 0 Å². The number of hydrogen-bond acceptors (Lipinski definition) is 4. The summed E-state index contributed by atoms with van der Waals surface area (Å²) in [6.45, 7) is 10.5. The summed E-state index contributed by atoms with van der Waals surface area (Å²) in [6, 6.07) is 2.68. The van der Waals surface area contributed by atoms with Gasteiger partial charge in [0.25, 0.3) is 0 Å². The van der Waals surface area contributed by atoms with E-state index in [0.717, 1.165) is 11.7 Å². The van der Waals surface area contributed by atoms with Gasteiger partial charge in [0.1, 0.15) is 5.76 Å². The van der Waals surface area contributed by atoms with Crippen LogP contribution < -0.4 is 5.32 Å². The quantitative estimate of drug-likeness (QED) is 0.904. The second kappa shape index (κ2) is 5.24. The van der Waals surface area contributed by atoms with Gasteiger partial charge in [0.15, 0.2) is 0 Å². The van der Waals surface area contributed by atoms with Crippen molar-refractivity contribution in [1.29, 1.82) is 0 Å². The Labute approximate surface area is 112 Å². The van der Waals surface area contributed by atoms with Crippen molar-refractivity contribution >= 4 is 11.3 Å². The van der Waals surface area contributed by atoms with Gasteiger partial charge in [-0.05, 0) is 46.2 Å². The summed E-state index contributed by atoms with van der Waals surface area (Å²) in [5, 5.41) is 3.53. The highest BCUT2D eigenvalue weighted by Crippen LogP contribution is 2.27. The molecule has 0 aromatic carbocycles. The molecule has 0 aliphatic rings. The Morgan fingerprint density at radius 2 is 1.94 bits per heavy atom. The van der Waals surface area contributed by atoms with Crippen molar-refractivity contribution in [2.45, 2.75) is 46.7 Å². The van der Waals surface area contributed by atoms with E-state index in [1.54, 1.807) is 6.20 Å². The zero-order chi connectivity index (χ0) is 13.3. The summed E-state index contributed by atoms with van der Waals surface area (Å²) >= 11 is 1.85. The molecule has 2 rings (SSSR count). The molecule has 3 nitrogen and oxygen atoms in total. The summed E-state index contributed by atoms with van der Waals surface area (Å²) in [4.78, 5) is 7.00. The summed E-state index contributed by atoms with van der Waals surface area (Å²) < 4.78 is 5.55. The van der Waals surface area contributed by atoms with Crippen molar-refractivity contribution in [1.82, 2.24) is 10.3 Å². The molecule has 2 aromatic rings. The topological polar surface area (TPSA) is 38.1 Å². The number of aromatic nitrogens is 1. The van der Waals surface area contributed by atoms with Crippen LogP contribution in [0.15, 0.2) is 16.7 Å². The van der Waals surface area contributed by atoms with Crippen LogP contribution in [-0.2, 0) is 0 Å². The van der Waals surface area contributed by atoms with Crippen LogP contribution in [0.3, 0.4) is 0 Å². The van der Waals surface area contributed by atoms with Gasteiger partial charge < -0.3 is 4.42 Å². The average molecular weight is 264 g/mol. The van der Waals surface area contributed by atoms with Crippen LogP contribution in [0.5, 0.6) is 0 Å². The highest BCUT2D eigenvalue weighted by molar-refractivity contribution is 7.12. The lowest BCUT2D eigenvalue weighted by molar-refractivity contribution is 0.380. The molecule has 4 heteroatoms. The number of aryl methyl sites for hydroxylation is 3. The van der Waals surface area contributed by atoms with Crippen molar-refractivity contribution in [3.05, 3.63) is 39.2 Å². The molecule has 0 radical (unpaired) electrons. The maximum atomic E-state index is 5.55. The molecule has 0 aliphatic heterocycles. The molecule has 18 heavy (non-hydrogen) atoms. The van der Waals surface area contributed by atoms with Gasteiger partial charge in [0.05, 0.1) is 12.2 Å². The number of oxazole rings is 1. The van der Waals surface area contributed by atoms with E-state index in [-0.39, 0.29) is 6.04 Å². The largest absolute Gasteiger partial charge is 0.444 e. The lowest BCUT2D eigenvalue weighted by Gasteiger charge is -2.17. The van der Waals surface area contributed by atoms with Crippen LogP contribution in [-0.4, -0.2) is 4.98 Å². The number of thiophene rings is 1. The van der Waals surface area contributed by atoms with E-state index in [1.807, 2.05) is 18.3 Å². The second-order valence-electron chi connectivity index (χ2n) is 4.79. The fourth-order valence-corrected chi connectivity index (χ4v) is 3.21. The first-order chi connectivity index (χ1) is 8.47. The van der Waals surface area contributed by atoms with E-state index in [4.69, 9.17) is 4.42 Å². The van der Waals surface area contributed by atoms with Crippen LogP contribution >= 0.6 is 11.3 Å². The standard InChI is InChI=1S/C14H20N2OS/c1-8-7-15-14(17-8)11(4)16-10(3)13-6-9(2)18-12(13)5/h6-7,10-11,16H,1-5H3. The highest BCUT2D eigenvalue weighted by atomic mass is 32.1. The number of nitrogens with zero attached hydrogens (tertiary/aromatic N) is 1. The molecule has 0 saturated carbocycles. The first-order valence-corrected chi connectivity index (χ1v) is 7.04. The number of nitrogens with one attached hydrogen (secondary N) is 1. The molecule has 0 fully saturated rings. The molecule has 2 aromatic heterocycles. The number of rotatable bonds is 4. The summed E-state index contributed by atoms with van der Waals surface area (Å²) in [7, 11) is 0. The van der Waals surface area contributed by atoms with Gasteiger partial charge in [-0.2, -0.15) is 0 Å². The molecule has 0 saturated heterocycles. The minimum absolute atomic E-state index is 0.119. The van der Waals surface area contributed by atoms with Gasteiger partial charge in [-0.15, -0.1) is 11.3 Å².